The van der Waals surface area contributed by atoms with E-state index in [2.05, 4.69) is 155 Å². The van der Waals surface area contributed by atoms with Crippen LogP contribution in [0.1, 0.15) is 11.7 Å². The Morgan fingerprint density at radius 1 is 0.442 bits per heavy atom. The number of hydrogen-bond acceptors (Lipinski definition) is 4. The number of aromatic nitrogens is 2. The molecule has 43 heavy (non-hydrogen) atoms. The average molecular weight is 551 g/mol. The molecule has 0 saturated heterocycles. The molecule has 3 heterocycles. The first-order valence-corrected chi connectivity index (χ1v) is 14.6. The van der Waals surface area contributed by atoms with E-state index in [1.807, 2.05) is 6.07 Å². The van der Waals surface area contributed by atoms with E-state index in [4.69, 9.17) is 9.97 Å². The van der Waals surface area contributed by atoms with Crippen LogP contribution < -0.4 is 9.80 Å². The number of para-hydroxylation sites is 4. The zero-order chi connectivity index (χ0) is 28.3. The predicted octanol–water partition coefficient (Wildman–Crippen LogP) is 9.93. The normalized spacial score (nSPS) is 14.7. The molecule has 6 aromatic carbocycles. The average Bonchev–Trinajstić information content (AvgIpc) is 3.09. The monoisotopic (exact) mass is 550 g/mol. The van der Waals surface area contributed by atoms with Gasteiger partial charge in [0.1, 0.15) is 6.17 Å². The van der Waals surface area contributed by atoms with Gasteiger partial charge in [0.25, 0.3) is 0 Å². The minimum Gasteiger partial charge on any atom is -0.315 e. The van der Waals surface area contributed by atoms with E-state index in [1.165, 1.54) is 27.8 Å². The van der Waals surface area contributed by atoms with E-state index < -0.39 is 0 Å². The minimum atomic E-state index is -0.205. The minimum absolute atomic E-state index is 0.205. The van der Waals surface area contributed by atoms with Crippen LogP contribution in [0, 0.1) is 0 Å². The van der Waals surface area contributed by atoms with E-state index in [-0.39, 0.29) is 6.17 Å². The number of rotatable bonds is 3. The molecule has 0 saturated carbocycles. The molecule has 2 aliphatic heterocycles. The van der Waals surface area contributed by atoms with Crippen LogP contribution in [0.15, 0.2) is 152 Å². The second-order valence-electron chi connectivity index (χ2n) is 11.0. The first-order chi connectivity index (χ1) is 21.4. The molecule has 0 amide bonds. The largest absolute Gasteiger partial charge is 0.315 e. The summed E-state index contributed by atoms with van der Waals surface area (Å²) in [7, 11) is 0. The Balaban J connectivity index is 1.39. The highest BCUT2D eigenvalue weighted by molar-refractivity contribution is 6.00. The highest BCUT2D eigenvalue weighted by atomic mass is 15.4. The van der Waals surface area contributed by atoms with Crippen molar-refractivity contribution in [2.45, 2.75) is 6.17 Å². The first kappa shape index (κ1) is 23.9. The van der Waals surface area contributed by atoms with Crippen LogP contribution in [-0.4, -0.2) is 9.97 Å². The third-order valence-electron chi connectivity index (χ3n) is 8.65. The maximum absolute atomic E-state index is 5.39. The van der Waals surface area contributed by atoms with Crippen molar-refractivity contribution >= 4 is 33.9 Å². The number of anilines is 4. The van der Waals surface area contributed by atoms with Crippen LogP contribution in [0.3, 0.4) is 0 Å². The Kier molecular flexibility index (Phi) is 5.23. The number of fused-ring (bicyclic) bond motifs is 5. The fraction of sp³-hybridized carbons (Fsp3) is 0.0256. The van der Waals surface area contributed by atoms with Crippen LogP contribution in [0.2, 0.25) is 0 Å². The quantitative estimate of drug-likeness (QED) is 0.219. The molecule has 4 nitrogen and oxygen atoms in total. The van der Waals surface area contributed by atoms with Crippen LogP contribution in [0.4, 0.5) is 23.0 Å². The molecule has 0 spiro atoms. The fourth-order valence-electron chi connectivity index (χ4n) is 6.85. The van der Waals surface area contributed by atoms with E-state index in [1.54, 1.807) is 0 Å². The van der Waals surface area contributed by atoms with Gasteiger partial charge in [-0.2, -0.15) is 0 Å². The Labute approximate surface area is 250 Å². The fourth-order valence-corrected chi connectivity index (χ4v) is 6.85. The van der Waals surface area contributed by atoms with Crippen molar-refractivity contribution in [3.05, 3.63) is 157 Å². The second kappa shape index (κ2) is 9.40. The Morgan fingerprint density at radius 3 is 1.72 bits per heavy atom. The van der Waals surface area contributed by atoms with Gasteiger partial charge in [-0.15, -0.1) is 0 Å². The van der Waals surface area contributed by atoms with Gasteiger partial charge >= 0.3 is 0 Å². The number of nitrogens with zero attached hydrogens (tertiary/aromatic N) is 4. The maximum Gasteiger partial charge on any atom is 0.233 e. The van der Waals surface area contributed by atoms with E-state index in [0.29, 0.717) is 5.95 Å². The van der Waals surface area contributed by atoms with Gasteiger partial charge in [0.2, 0.25) is 5.95 Å². The summed E-state index contributed by atoms with van der Waals surface area (Å²) in [5, 5.41) is 1.04. The van der Waals surface area contributed by atoms with Gasteiger partial charge in [0.15, 0.2) is 0 Å². The van der Waals surface area contributed by atoms with Gasteiger partial charge in [-0.05, 0) is 41.5 Å². The third-order valence-corrected chi connectivity index (χ3v) is 8.65. The molecule has 9 rings (SSSR count). The van der Waals surface area contributed by atoms with Crippen LogP contribution in [0.5, 0.6) is 0 Å². The summed E-state index contributed by atoms with van der Waals surface area (Å²) in [4.78, 5) is 15.5. The van der Waals surface area contributed by atoms with Crippen molar-refractivity contribution in [3.8, 4) is 33.5 Å². The van der Waals surface area contributed by atoms with Crippen molar-refractivity contribution in [2.75, 3.05) is 9.80 Å². The van der Waals surface area contributed by atoms with Gasteiger partial charge in [-0.1, -0.05) is 121 Å². The van der Waals surface area contributed by atoms with E-state index >= 15 is 0 Å². The highest BCUT2D eigenvalue weighted by Crippen LogP contribution is 2.58. The third kappa shape index (κ3) is 3.57. The lowest BCUT2D eigenvalue weighted by Crippen LogP contribution is -2.42. The van der Waals surface area contributed by atoms with Gasteiger partial charge in [-0.25, -0.2) is 9.97 Å². The molecule has 0 N–H and O–H groups in total. The summed E-state index contributed by atoms with van der Waals surface area (Å²) in [6.07, 6.45) is -0.205. The molecular weight excluding hydrogens is 524 g/mol. The van der Waals surface area contributed by atoms with Crippen molar-refractivity contribution < 1.29 is 0 Å². The SMILES string of the molecule is c1ccc(-c2nc(N3c4ccccc4-c4cccc5c4C3N(c3ccccc3)c3ccccc3-5)nc3ccccc23)cc1. The molecule has 0 fully saturated rings. The molecule has 1 unspecified atom stereocenters. The highest BCUT2D eigenvalue weighted by Gasteiger charge is 2.43. The molecule has 2 aliphatic rings. The van der Waals surface area contributed by atoms with Crippen molar-refractivity contribution in [1.29, 1.82) is 0 Å². The standard InChI is InChI=1S/C39H26N4/c1-3-14-26(15-4-1)37-32-20-7-10-23-33(32)40-39(41-37)43-35-25-12-9-19-29(35)31-22-13-21-30-28-18-8-11-24-34(28)42(38(43)36(30)31)27-16-5-2-6-17-27/h1-25,38H. The summed E-state index contributed by atoms with van der Waals surface area (Å²) in [6, 6.07) is 53.6. The Hall–Kier alpha value is -5.74. The van der Waals surface area contributed by atoms with Gasteiger partial charge in [0, 0.05) is 33.3 Å². The zero-order valence-electron chi connectivity index (χ0n) is 23.3. The maximum atomic E-state index is 5.39. The summed E-state index contributed by atoms with van der Waals surface area (Å²) in [6.45, 7) is 0. The number of benzene rings is 6. The smallest absolute Gasteiger partial charge is 0.233 e. The summed E-state index contributed by atoms with van der Waals surface area (Å²) >= 11 is 0. The molecular formula is C39H26N4. The number of hydrogen-bond donors (Lipinski definition) is 0. The molecule has 7 aromatic rings. The van der Waals surface area contributed by atoms with Crippen molar-refractivity contribution in [2.24, 2.45) is 0 Å². The lowest BCUT2D eigenvalue weighted by atomic mass is 9.82. The van der Waals surface area contributed by atoms with Crippen LogP contribution in [-0.2, 0) is 0 Å². The lowest BCUT2D eigenvalue weighted by molar-refractivity contribution is 0.680. The molecule has 0 bridgehead atoms. The topological polar surface area (TPSA) is 32.3 Å². The van der Waals surface area contributed by atoms with Crippen LogP contribution >= 0.6 is 0 Å². The molecule has 0 aliphatic carbocycles. The Morgan fingerprint density at radius 2 is 1.00 bits per heavy atom. The van der Waals surface area contributed by atoms with E-state index in [0.717, 1.165) is 39.2 Å². The molecule has 1 aromatic heterocycles. The summed E-state index contributed by atoms with van der Waals surface area (Å²) < 4.78 is 0. The molecule has 202 valence electrons. The Bertz CT molecular complexity index is 2140. The molecule has 1 atom stereocenters. The van der Waals surface area contributed by atoms with Gasteiger partial charge in [0.05, 0.1) is 22.6 Å². The van der Waals surface area contributed by atoms with Crippen molar-refractivity contribution in [1.82, 2.24) is 9.97 Å². The van der Waals surface area contributed by atoms with Crippen LogP contribution in [0.25, 0.3) is 44.4 Å². The van der Waals surface area contributed by atoms with Gasteiger partial charge < -0.3 is 4.90 Å². The predicted molar refractivity (Wildman–Crippen MR) is 176 cm³/mol. The van der Waals surface area contributed by atoms with Crippen molar-refractivity contribution in [3.63, 3.8) is 0 Å². The molecule has 4 heteroatoms. The summed E-state index contributed by atoms with van der Waals surface area (Å²) in [5.74, 6) is 0.677. The first-order valence-electron chi connectivity index (χ1n) is 14.6. The lowest BCUT2D eigenvalue weighted by Gasteiger charge is -2.49. The summed E-state index contributed by atoms with van der Waals surface area (Å²) in [5.41, 5.74) is 12.5. The second-order valence-corrected chi connectivity index (χ2v) is 11.0. The zero-order valence-corrected chi connectivity index (χ0v) is 23.3. The van der Waals surface area contributed by atoms with Gasteiger partial charge in [-0.3, -0.25) is 4.90 Å². The molecule has 0 radical (unpaired) electrons. The van der Waals surface area contributed by atoms with E-state index in [9.17, 15) is 0 Å².